The molecule has 0 saturated heterocycles. The molecule has 1 N–H and O–H groups in total. The first-order valence-electron chi connectivity index (χ1n) is 4.11. The van der Waals surface area contributed by atoms with Crippen molar-refractivity contribution in [1.29, 1.82) is 0 Å². The molecule has 0 unspecified atom stereocenters. The van der Waals surface area contributed by atoms with E-state index in [9.17, 15) is 13.5 Å². The number of benzene rings is 1. The summed E-state index contributed by atoms with van der Waals surface area (Å²) in [6.45, 7) is 0. The predicted molar refractivity (Wildman–Crippen MR) is 48.1 cm³/mol. The highest BCUT2D eigenvalue weighted by molar-refractivity contribution is 7.91. The minimum Gasteiger partial charge on any atom is -0.388 e. The van der Waals surface area contributed by atoms with Crippen LogP contribution < -0.4 is 0 Å². The van der Waals surface area contributed by atoms with Gasteiger partial charge in [-0.3, -0.25) is 0 Å². The van der Waals surface area contributed by atoms with Gasteiger partial charge in [0.2, 0.25) is 0 Å². The molecule has 0 spiro atoms. The summed E-state index contributed by atoms with van der Waals surface area (Å²) in [7, 11) is -3.13. The molecule has 1 aromatic carbocycles. The zero-order valence-corrected chi connectivity index (χ0v) is 7.79. The highest BCUT2D eigenvalue weighted by Gasteiger charge is 2.28. The summed E-state index contributed by atoms with van der Waals surface area (Å²) in [6, 6.07) is 6.63. The molecule has 0 radical (unpaired) electrons. The summed E-state index contributed by atoms with van der Waals surface area (Å²) < 4.78 is 23.0. The van der Waals surface area contributed by atoms with Crippen molar-refractivity contribution in [3.63, 3.8) is 0 Å². The van der Waals surface area contributed by atoms with Gasteiger partial charge in [0.15, 0.2) is 9.84 Å². The maximum absolute atomic E-state index is 11.5. The van der Waals surface area contributed by atoms with Crippen molar-refractivity contribution in [2.75, 3.05) is 5.75 Å². The van der Waals surface area contributed by atoms with Crippen molar-refractivity contribution in [3.8, 4) is 0 Å². The van der Waals surface area contributed by atoms with Crippen molar-refractivity contribution >= 4 is 9.84 Å². The SMILES string of the molecule is O=S1(=O)CC[C@H](O)c2ccccc21. The molecular weight excluding hydrogens is 188 g/mol. The molecule has 2 rings (SSSR count). The van der Waals surface area contributed by atoms with Gasteiger partial charge in [-0.25, -0.2) is 8.42 Å². The van der Waals surface area contributed by atoms with Crippen LogP contribution in [0, 0.1) is 0 Å². The van der Waals surface area contributed by atoms with Crippen LogP contribution in [-0.4, -0.2) is 19.3 Å². The Bertz CT molecular complexity index is 422. The van der Waals surface area contributed by atoms with E-state index in [0.717, 1.165) is 0 Å². The first kappa shape index (κ1) is 8.72. The molecule has 13 heavy (non-hydrogen) atoms. The largest absolute Gasteiger partial charge is 0.388 e. The fraction of sp³-hybridized carbons (Fsp3) is 0.333. The lowest BCUT2D eigenvalue weighted by molar-refractivity contribution is 0.168. The standard InChI is InChI=1S/C9H10O3S/c10-8-5-6-13(11,12)9-4-2-1-3-7(8)9/h1-4,8,10H,5-6H2/t8-/m0/s1. The smallest absolute Gasteiger partial charge is 0.178 e. The molecule has 0 fully saturated rings. The number of aliphatic hydroxyl groups is 1. The summed E-state index contributed by atoms with van der Waals surface area (Å²) in [5, 5.41) is 9.53. The topological polar surface area (TPSA) is 54.4 Å². The Balaban J connectivity index is 2.68. The molecule has 0 saturated carbocycles. The van der Waals surface area contributed by atoms with Crippen molar-refractivity contribution < 1.29 is 13.5 Å². The Morgan fingerprint density at radius 1 is 1.31 bits per heavy atom. The Morgan fingerprint density at radius 2 is 2.00 bits per heavy atom. The van der Waals surface area contributed by atoms with E-state index >= 15 is 0 Å². The second-order valence-electron chi connectivity index (χ2n) is 3.16. The predicted octanol–water partition coefficient (Wildman–Crippen LogP) is 0.897. The normalized spacial score (nSPS) is 25.2. The van der Waals surface area contributed by atoms with Gasteiger partial charge in [-0.05, 0) is 18.1 Å². The van der Waals surface area contributed by atoms with Crippen molar-refractivity contribution in [2.45, 2.75) is 17.4 Å². The van der Waals surface area contributed by atoms with Crippen LogP contribution in [0.4, 0.5) is 0 Å². The summed E-state index contributed by atoms with van der Waals surface area (Å²) in [4.78, 5) is 0.286. The summed E-state index contributed by atoms with van der Waals surface area (Å²) in [5.41, 5.74) is 0.536. The van der Waals surface area contributed by atoms with E-state index in [2.05, 4.69) is 0 Å². The van der Waals surface area contributed by atoms with Crippen LogP contribution in [0.25, 0.3) is 0 Å². The van der Waals surface area contributed by atoms with Gasteiger partial charge in [-0.2, -0.15) is 0 Å². The number of hydrogen-bond acceptors (Lipinski definition) is 3. The first-order chi connectivity index (χ1) is 6.11. The average Bonchev–Trinajstić information content (AvgIpc) is 2.13. The van der Waals surface area contributed by atoms with Gasteiger partial charge in [0.1, 0.15) is 0 Å². The molecular formula is C9H10O3S. The second kappa shape index (κ2) is 2.82. The molecule has 1 aliphatic rings. The van der Waals surface area contributed by atoms with Crippen LogP contribution in [0.2, 0.25) is 0 Å². The molecule has 0 aliphatic carbocycles. The van der Waals surface area contributed by atoms with E-state index in [1.165, 1.54) is 0 Å². The number of sulfone groups is 1. The third kappa shape index (κ3) is 1.36. The minimum absolute atomic E-state index is 0.0468. The highest BCUT2D eigenvalue weighted by Crippen LogP contribution is 2.31. The third-order valence-electron chi connectivity index (χ3n) is 2.27. The van der Waals surface area contributed by atoms with Gasteiger partial charge in [-0.15, -0.1) is 0 Å². The van der Waals surface area contributed by atoms with E-state index in [-0.39, 0.29) is 10.6 Å². The minimum atomic E-state index is -3.13. The van der Waals surface area contributed by atoms with Gasteiger partial charge in [-0.1, -0.05) is 18.2 Å². The molecule has 1 atom stereocenters. The van der Waals surface area contributed by atoms with Gasteiger partial charge >= 0.3 is 0 Å². The van der Waals surface area contributed by atoms with E-state index < -0.39 is 15.9 Å². The lowest BCUT2D eigenvalue weighted by Crippen LogP contribution is -2.19. The van der Waals surface area contributed by atoms with Gasteiger partial charge < -0.3 is 5.11 Å². The maximum atomic E-state index is 11.5. The monoisotopic (exact) mass is 198 g/mol. The van der Waals surface area contributed by atoms with E-state index in [1.807, 2.05) is 0 Å². The zero-order chi connectivity index (χ0) is 9.47. The van der Waals surface area contributed by atoms with Crippen LogP contribution in [0.5, 0.6) is 0 Å². The van der Waals surface area contributed by atoms with Gasteiger partial charge in [0.25, 0.3) is 0 Å². The molecule has 0 amide bonds. The molecule has 1 aromatic rings. The lowest BCUT2D eigenvalue weighted by Gasteiger charge is -2.20. The van der Waals surface area contributed by atoms with Crippen molar-refractivity contribution in [2.24, 2.45) is 0 Å². The molecule has 0 bridgehead atoms. The molecule has 1 aliphatic heterocycles. The quantitative estimate of drug-likeness (QED) is 0.673. The Kier molecular flexibility index (Phi) is 1.89. The Hall–Kier alpha value is -0.870. The van der Waals surface area contributed by atoms with Crippen molar-refractivity contribution in [3.05, 3.63) is 29.8 Å². The summed E-state index contributed by atoms with van der Waals surface area (Å²) in [6.07, 6.45) is -0.320. The van der Waals surface area contributed by atoms with Crippen LogP contribution >= 0.6 is 0 Å². The number of aliphatic hydroxyl groups excluding tert-OH is 1. The molecule has 3 nitrogen and oxygen atoms in total. The van der Waals surface area contributed by atoms with Crippen LogP contribution in [0.3, 0.4) is 0 Å². The summed E-state index contributed by atoms with van der Waals surface area (Å²) in [5.74, 6) is 0.0468. The van der Waals surface area contributed by atoms with Crippen LogP contribution in [0.1, 0.15) is 18.1 Å². The Labute approximate surface area is 76.9 Å². The molecule has 4 heteroatoms. The van der Waals surface area contributed by atoms with E-state index in [0.29, 0.717) is 12.0 Å². The number of fused-ring (bicyclic) bond motifs is 1. The fourth-order valence-corrected chi connectivity index (χ4v) is 3.17. The molecule has 0 aromatic heterocycles. The van der Waals surface area contributed by atoms with E-state index in [4.69, 9.17) is 0 Å². The average molecular weight is 198 g/mol. The van der Waals surface area contributed by atoms with Crippen molar-refractivity contribution in [1.82, 2.24) is 0 Å². The van der Waals surface area contributed by atoms with E-state index in [1.54, 1.807) is 24.3 Å². The lowest BCUT2D eigenvalue weighted by atomic mass is 10.1. The first-order valence-corrected chi connectivity index (χ1v) is 5.76. The fourth-order valence-electron chi connectivity index (χ4n) is 1.57. The molecule has 70 valence electrons. The van der Waals surface area contributed by atoms with Crippen LogP contribution in [0.15, 0.2) is 29.2 Å². The summed E-state index contributed by atoms with van der Waals surface area (Å²) >= 11 is 0. The number of hydrogen-bond donors (Lipinski definition) is 1. The third-order valence-corrected chi connectivity index (χ3v) is 4.09. The Morgan fingerprint density at radius 3 is 2.69 bits per heavy atom. The molecule has 1 heterocycles. The second-order valence-corrected chi connectivity index (χ2v) is 5.24. The maximum Gasteiger partial charge on any atom is 0.178 e. The van der Waals surface area contributed by atoms with Gasteiger partial charge in [0.05, 0.1) is 16.8 Å². The zero-order valence-electron chi connectivity index (χ0n) is 6.97. The van der Waals surface area contributed by atoms with Crippen LogP contribution in [-0.2, 0) is 9.84 Å². The number of rotatable bonds is 0. The van der Waals surface area contributed by atoms with Gasteiger partial charge in [0, 0.05) is 0 Å². The highest BCUT2D eigenvalue weighted by atomic mass is 32.2.